The fourth-order valence-electron chi connectivity index (χ4n) is 1.24. The Bertz CT molecular complexity index is 478. The van der Waals surface area contributed by atoms with Crippen LogP contribution in [0.25, 0.3) is 0 Å². The van der Waals surface area contributed by atoms with Crippen molar-refractivity contribution < 1.29 is 4.42 Å². The lowest BCUT2D eigenvalue weighted by molar-refractivity contribution is 0.475. The van der Waals surface area contributed by atoms with Gasteiger partial charge in [0.2, 0.25) is 11.8 Å². The zero-order chi connectivity index (χ0) is 11.5. The van der Waals surface area contributed by atoms with Crippen LogP contribution >= 0.6 is 23.2 Å². The lowest BCUT2D eigenvalue weighted by atomic mass is 10.3. The minimum atomic E-state index is 0.442. The summed E-state index contributed by atoms with van der Waals surface area (Å²) in [7, 11) is 0. The number of hydrogen-bond acceptors (Lipinski definition) is 4. The Labute approximate surface area is 103 Å². The van der Waals surface area contributed by atoms with E-state index >= 15 is 0 Å². The summed E-state index contributed by atoms with van der Waals surface area (Å²) in [5, 5.41) is 11.8. The SMILES string of the molecule is Cc1nnc(CNc2cc(Cl)cc(Cl)c2)o1. The van der Waals surface area contributed by atoms with Gasteiger partial charge in [0.25, 0.3) is 0 Å². The number of halogens is 2. The molecule has 0 aliphatic rings. The van der Waals surface area contributed by atoms with Crippen molar-refractivity contribution in [2.45, 2.75) is 13.5 Å². The third-order valence-electron chi connectivity index (χ3n) is 1.87. The number of nitrogens with zero attached hydrogens (tertiary/aromatic N) is 2. The number of benzene rings is 1. The summed E-state index contributed by atoms with van der Waals surface area (Å²) in [6, 6.07) is 5.22. The van der Waals surface area contributed by atoms with Gasteiger partial charge in [-0.05, 0) is 18.2 Å². The number of hydrogen-bond donors (Lipinski definition) is 1. The van der Waals surface area contributed by atoms with E-state index in [9.17, 15) is 0 Å². The third kappa shape index (κ3) is 2.87. The van der Waals surface area contributed by atoms with Crippen molar-refractivity contribution in [3.63, 3.8) is 0 Å². The Balaban J connectivity index is 2.04. The summed E-state index contributed by atoms with van der Waals surface area (Å²) < 4.78 is 5.22. The molecule has 1 heterocycles. The molecule has 0 atom stereocenters. The van der Waals surface area contributed by atoms with E-state index in [1.165, 1.54) is 0 Å². The van der Waals surface area contributed by atoms with E-state index in [1.54, 1.807) is 25.1 Å². The number of anilines is 1. The van der Waals surface area contributed by atoms with Gasteiger partial charge < -0.3 is 9.73 Å². The van der Waals surface area contributed by atoms with Crippen molar-refractivity contribution in [2.24, 2.45) is 0 Å². The molecule has 0 aliphatic heterocycles. The maximum absolute atomic E-state index is 5.86. The van der Waals surface area contributed by atoms with Crippen molar-refractivity contribution in [1.82, 2.24) is 10.2 Å². The van der Waals surface area contributed by atoms with Gasteiger partial charge in [-0.15, -0.1) is 10.2 Å². The summed E-state index contributed by atoms with van der Waals surface area (Å²) in [4.78, 5) is 0. The fraction of sp³-hybridized carbons (Fsp3) is 0.200. The zero-order valence-corrected chi connectivity index (χ0v) is 10.0. The quantitative estimate of drug-likeness (QED) is 0.917. The molecule has 0 spiro atoms. The van der Waals surface area contributed by atoms with Crippen molar-refractivity contribution in [3.05, 3.63) is 40.0 Å². The minimum Gasteiger partial charge on any atom is -0.424 e. The highest BCUT2D eigenvalue weighted by molar-refractivity contribution is 6.35. The monoisotopic (exact) mass is 257 g/mol. The molecule has 2 aromatic rings. The number of aromatic nitrogens is 2. The van der Waals surface area contributed by atoms with Gasteiger partial charge in [0, 0.05) is 22.7 Å². The largest absolute Gasteiger partial charge is 0.424 e. The smallest absolute Gasteiger partial charge is 0.235 e. The first-order valence-electron chi connectivity index (χ1n) is 4.62. The van der Waals surface area contributed by atoms with Crippen LogP contribution < -0.4 is 5.32 Å². The average molecular weight is 258 g/mol. The van der Waals surface area contributed by atoms with E-state index in [4.69, 9.17) is 27.6 Å². The molecular weight excluding hydrogens is 249 g/mol. The van der Waals surface area contributed by atoms with Crippen LogP contribution in [0.5, 0.6) is 0 Å². The Morgan fingerprint density at radius 1 is 1.19 bits per heavy atom. The van der Waals surface area contributed by atoms with Crippen LogP contribution in [0.3, 0.4) is 0 Å². The van der Waals surface area contributed by atoms with E-state index in [0.29, 0.717) is 28.4 Å². The molecule has 6 heteroatoms. The van der Waals surface area contributed by atoms with Crippen LogP contribution in [0.4, 0.5) is 5.69 Å². The Kier molecular flexibility index (Phi) is 3.31. The van der Waals surface area contributed by atoms with Crippen LogP contribution in [0, 0.1) is 6.92 Å². The molecule has 1 N–H and O–H groups in total. The molecule has 2 rings (SSSR count). The van der Waals surface area contributed by atoms with Gasteiger partial charge in [-0.1, -0.05) is 23.2 Å². The van der Waals surface area contributed by atoms with Gasteiger partial charge in [-0.25, -0.2) is 0 Å². The van der Waals surface area contributed by atoms with Crippen LogP contribution in [-0.2, 0) is 6.54 Å². The highest BCUT2D eigenvalue weighted by Gasteiger charge is 2.02. The second-order valence-electron chi connectivity index (χ2n) is 3.23. The average Bonchev–Trinajstić information content (AvgIpc) is 2.60. The molecule has 0 saturated heterocycles. The van der Waals surface area contributed by atoms with Crippen LogP contribution in [0.1, 0.15) is 11.8 Å². The standard InChI is InChI=1S/C10H9Cl2N3O/c1-6-14-15-10(16-6)5-13-9-3-7(11)2-8(12)4-9/h2-4,13H,5H2,1H3. The van der Waals surface area contributed by atoms with Crippen molar-refractivity contribution in [1.29, 1.82) is 0 Å². The maximum Gasteiger partial charge on any atom is 0.235 e. The second kappa shape index (κ2) is 4.72. The van der Waals surface area contributed by atoms with Gasteiger partial charge in [-0.2, -0.15) is 0 Å². The third-order valence-corrected chi connectivity index (χ3v) is 2.31. The molecule has 0 radical (unpaired) electrons. The Hall–Kier alpha value is -1.26. The Morgan fingerprint density at radius 2 is 1.88 bits per heavy atom. The topological polar surface area (TPSA) is 51.0 Å². The molecule has 0 amide bonds. The summed E-state index contributed by atoms with van der Waals surface area (Å²) in [5.41, 5.74) is 0.813. The van der Waals surface area contributed by atoms with E-state index in [-0.39, 0.29) is 0 Å². The molecule has 1 aromatic carbocycles. The summed E-state index contributed by atoms with van der Waals surface area (Å²) in [6.45, 7) is 2.18. The van der Waals surface area contributed by atoms with E-state index in [1.807, 2.05) is 0 Å². The lowest BCUT2D eigenvalue weighted by Crippen LogP contribution is -1.99. The normalized spacial score (nSPS) is 10.4. The predicted octanol–water partition coefficient (Wildman–Crippen LogP) is 3.30. The van der Waals surface area contributed by atoms with E-state index in [0.717, 1.165) is 5.69 Å². The molecule has 0 fully saturated rings. The number of aryl methyl sites for hydroxylation is 1. The van der Waals surface area contributed by atoms with Gasteiger partial charge in [-0.3, -0.25) is 0 Å². The van der Waals surface area contributed by atoms with Gasteiger partial charge in [0.1, 0.15) is 0 Å². The molecule has 0 unspecified atom stereocenters. The van der Waals surface area contributed by atoms with Crippen molar-refractivity contribution in [3.8, 4) is 0 Å². The van der Waals surface area contributed by atoms with Crippen LogP contribution in [0.15, 0.2) is 22.6 Å². The number of rotatable bonds is 3. The highest BCUT2D eigenvalue weighted by Crippen LogP contribution is 2.22. The summed E-state index contributed by atoms with van der Waals surface area (Å²) in [5.74, 6) is 1.06. The van der Waals surface area contributed by atoms with E-state index < -0.39 is 0 Å². The zero-order valence-electron chi connectivity index (χ0n) is 8.50. The first-order valence-corrected chi connectivity index (χ1v) is 5.38. The summed E-state index contributed by atoms with van der Waals surface area (Å²) in [6.07, 6.45) is 0. The Morgan fingerprint density at radius 3 is 2.44 bits per heavy atom. The highest BCUT2D eigenvalue weighted by atomic mass is 35.5. The van der Waals surface area contributed by atoms with Gasteiger partial charge in [0.15, 0.2) is 0 Å². The lowest BCUT2D eigenvalue weighted by Gasteiger charge is -2.04. The number of nitrogens with one attached hydrogen (secondary N) is 1. The molecule has 0 bridgehead atoms. The van der Waals surface area contributed by atoms with Gasteiger partial charge in [0.05, 0.1) is 6.54 Å². The minimum absolute atomic E-state index is 0.442. The molecular formula is C10H9Cl2N3O. The molecule has 4 nitrogen and oxygen atoms in total. The maximum atomic E-state index is 5.86. The van der Waals surface area contributed by atoms with Gasteiger partial charge >= 0.3 is 0 Å². The second-order valence-corrected chi connectivity index (χ2v) is 4.10. The van der Waals surface area contributed by atoms with Crippen molar-refractivity contribution in [2.75, 3.05) is 5.32 Å². The fourth-order valence-corrected chi connectivity index (χ4v) is 1.77. The first kappa shape index (κ1) is 11.2. The van der Waals surface area contributed by atoms with Crippen molar-refractivity contribution >= 4 is 28.9 Å². The predicted molar refractivity (Wildman–Crippen MR) is 62.8 cm³/mol. The summed E-state index contributed by atoms with van der Waals surface area (Å²) >= 11 is 11.7. The van der Waals surface area contributed by atoms with Crippen LogP contribution in [0.2, 0.25) is 10.0 Å². The molecule has 16 heavy (non-hydrogen) atoms. The van der Waals surface area contributed by atoms with E-state index in [2.05, 4.69) is 15.5 Å². The molecule has 0 saturated carbocycles. The van der Waals surface area contributed by atoms with Crippen LogP contribution in [-0.4, -0.2) is 10.2 Å². The molecule has 0 aliphatic carbocycles. The molecule has 1 aromatic heterocycles. The molecule has 84 valence electrons. The first-order chi connectivity index (χ1) is 7.63.